The first-order valence-electron chi connectivity index (χ1n) is 15.3. The fourth-order valence-electron chi connectivity index (χ4n) is 5.19. The summed E-state index contributed by atoms with van der Waals surface area (Å²) in [6.45, 7) is 18.5. The van der Waals surface area contributed by atoms with Gasteiger partial charge in [0.15, 0.2) is 0 Å². The quantitative estimate of drug-likeness (QED) is 0.230. The summed E-state index contributed by atoms with van der Waals surface area (Å²) in [7, 11) is 6.85. The van der Waals surface area contributed by atoms with Crippen LogP contribution >= 0.6 is 0 Å². The summed E-state index contributed by atoms with van der Waals surface area (Å²) in [6.07, 6.45) is 1.39. The highest BCUT2D eigenvalue weighted by Crippen LogP contribution is 2.23. The average Bonchev–Trinajstić information content (AvgIpc) is 2.86. The van der Waals surface area contributed by atoms with Crippen LogP contribution in [0.1, 0.15) is 88.0 Å². The molecular formula is C31H61N5O6. The number of amides is 4. The highest BCUT2D eigenvalue weighted by molar-refractivity contribution is 5.90. The molecule has 246 valence electrons. The van der Waals surface area contributed by atoms with Crippen molar-refractivity contribution in [3.05, 3.63) is 0 Å². The maximum atomic E-state index is 13.9. The SMILES string of the molecule is CC[C@H](C)[C@@H]([C@@H](CC(N)=O)OC)N(C)C(=O)[C@@H](NC(=O)[C@H](C(C)C)N(C)CCCCN(C)C(=O)OC(C)(C)C)C(C)C. The molecule has 0 unspecified atom stereocenters. The predicted molar refractivity (Wildman–Crippen MR) is 167 cm³/mol. The Morgan fingerprint density at radius 1 is 0.905 bits per heavy atom. The number of likely N-dealkylation sites (N-methyl/N-ethyl adjacent to an activating group) is 2. The van der Waals surface area contributed by atoms with Crippen molar-refractivity contribution >= 4 is 23.8 Å². The van der Waals surface area contributed by atoms with Gasteiger partial charge in [0.25, 0.3) is 0 Å². The highest BCUT2D eigenvalue weighted by atomic mass is 16.6. The van der Waals surface area contributed by atoms with Gasteiger partial charge >= 0.3 is 6.09 Å². The van der Waals surface area contributed by atoms with Crippen LogP contribution in [0.2, 0.25) is 0 Å². The number of hydrogen-bond acceptors (Lipinski definition) is 7. The first-order chi connectivity index (χ1) is 19.3. The molecule has 0 aromatic heterocycles. The van der Waals surface area contributed by atoms with E-state index in [0.29, 0.717) is 13.1 Å². The van der Waals surface area contributed by atoms with Crippen molar-refractivity contribution in [1.82, 2.24) is 20.0 Å². The van der Waals surface area contributed by atoms with Gasteiger partial charge < -0.3 is 30.3 Å². The monoisotopic (exact) mass is 599 g/mol. The van der Waals surface area contributed by atoms with Crippen LogP contribution in [0.25, 0.3) is 0 Å². The smallest absolute Gasteiger partial charge is 0.410 e. The number of rotatable bonds is 18. The molecule has 5 atom stereocenters. The van der Waals surface area contributed by atoms with Gasteiger partial charge in [-0.2, -0.15) is 0 Å². The molecule has 0 spiro atoms. The van der Waals surface area contributed by atoms with Crippen LogP contribution in [0.15, 0.2) is 0 Å². The lowest BCUT2D eigenvalue weighted by atomic mass is 9.89. The van der Waals surface area contributed by atoms with Gasteiger partial charge in [0.05, 0.1) is 24.6 Å². The molecule has 0 aromatic rings. The molecule has 0 aliphatic carbocycles. The zero-order valence-corrected chi connectivity index (χ0v) is 28.7. The summed E-state index contributed by atoms with van der Waals surface area (Å²) >= 11 is 0. The van der Waals surface area contributed by atoms with Gasteiger partial charge in [-0.1, -0.05) is 48.0 Å². The number of methoxy groups -OCH3 is 1. The van der Waals surface area contributed by atoms with E-state index >= 15 is 0 Å². The highest BCUT2D eigenvalue weighted by Gasteiger charge is 2.38. The van der Waals surface area contributed by atoms with E-state index in [0.717, 1.165) is 19.3 Å². The lowest BCUT2D eigenvalue weighted by Gasteiger charge is -2.40. The third-order valence-electron chi connectivity index (χ3n) is 7.67. The van der Waals surface area contributed by atoms with Gasteiger partial charge in [-0.15, -0.1) is 0 Å². The maximum absolute atomic E-state index is 13.9. The zero-order valence-electron chi connectivity index (χ0n) is 28.7. The fraction of sp³-hybridized carbons (Fsp3) is 0.871. The molecule has 42 heavy (non-hydrogen) atoms. The molecule has 0 fully saturated rings. The molecular weight excluding hydrogens is 538 g/mol. The lowest BCUT2D eigenvalue weighted by molar-refractivity contribution is -0.144. The van der Waals surface area contributed by atoms with Crippen molar-refractivity contribution < 1.29 is 28.7 Å². The van der Waals surface area contributed by atoms with E-state index in [9.17, 15) is 19.2 Å². The molecule has 3 N–H and O–H groups in total. The van der Waals surface area contributed by atoms with E-state index in [1.54, 1.807) is 23.9 Å². The molecule has 0 radical (unpaired) electrons. The van der Waals surface area contributed by atoms with Crippen molar-refractivity contribution in [2.75, 3.05) is 41.3 Å². The first kappa shape index (κ1) is 39.6. The number of nitrogens with zero attached hydrogens (tertiary/aromatic N) is 3. The second-order valence-electron chi connectivity index (χ2n) is 13.3. The lowest BCUT2D eigenvalue weighted by Crippen LogP contribution is -2.59. The fourth-order valence-corrected chi connectivity index (χ4v) is 5.19. The Hall–Kier alpha value is -2.40. The van der Waals surface area contributed by atoms with Gasteiger partial charge in [-0.25, -0.2) is 4.79 Å². The Morgan fingerprint density at radius 3 is 1.88 bits per heavy atom. The first-order valence-corrected chi connectivity index (χ1v) is 15.3. The molecule has 0 saturated heterocycles. The van der Waals surface area contributed by atoms with Gasteiger partial charge in [-0.05, 0) is 65.0 Å². The van der Waals surface area contributed by atoms with Gasteiger partial charge in [0, 0.05) is 27.7 Å². The van der Waals surface area contributed by atoms with Gasteiger partial charge in [0.1, 0.15) is 11.6 Å². The minimum absolute atomic E-state index is 0.00128. The number of unbranched alkanes of at least 4 members (excludes halogenated alkanes) is 1. The number of nitrogens with one attached hydrogen (secondary N) is 1. The van der Waals surface area contributed by atoms with Crippen molar-refractivity contribution in [2.45, 2.75) is 118 Å². The number of carbonyl (C=O) groups excluding carboxylic acids is 4. The van der Waals surface area contributed by atoms with Crippen LogP contribution in [0.3, 0.4) is 0 Å². The topological polar surface area (TPSA) is 135 Å². The molecule has 11 nitrogen and oxygen atoms in total. The van der Waals surface area contributed by atoms with Gasteiger partial charge in [-0.3, -0.25) is 19.3 Å². The van der Waals surface area contributed by atoms with Crippen molar-refractivity contribution in [3.63, 3.8) is 0 Å². The number of ether oxygens (including phenoxy) is 2. The van der Waals surface area contributed by atoms with Crippen LogP contribution in [-0.4, -0.2) is 110 Å². The average molecular weight is 600 g/mol. The van der Waals surface area contributed by atoms with E-state index < -0.39 is 29.7 Å². The van der Waals surface area contributed by atoms with Crippen molar-refractivity contribution in [1.29, 1.82) is 0 Å². The van der Waals surface area contributed by atoms with E-state index in [4.69, 9.17) is 15.2 Å². The summed E-state index contributed by atoms with van der Waals surface area (Å²) in [5.41, 5.74) is 4.93. The summed E-state index contributed by atoms with van der Waals surface area (Å²) < 4.78 is 11.0. The Labute approximate surface area is 255 Å². The van der Waals surface area contributed by atoms with Crippen LogP contribution in [0, 0.1) is 17.8 Å². The minimum atomic E-state index is -0.753. The summed E-state index contributed by atoms with van der Waals surface area (Å²) in [5.74, 6) is -1.06. The summed E-state index contributed by atoms with van der Waals surface area (Å²) in [6, 6.07) is -1.59. The molecule has 0 aromatic carbocycles. The molecule has 0 bridgehead atoms. The minimum Gasteiger partial charge on any atom is -0.444 e. The standard InChI is InChI=1S/C31H61N5O6/c1-14-22(6)27(23(41-13)19-24(32)37)36(12)29(39)25(20(2)3)33-28(38)26(21(4)5)34(10)17-15-16-18-35(11)30(40)42-31(7,8)9/h20-23,25-27H,14-19H2,1-13H3,(H2,32,37)(H,33,38)/t22-,23+,25-,26-,27-/m0/s1. The molecule has 0 saturated carbocycles. The second-order valence-corrected chi connectivity index (χ2v) is 13.3. The van der Waals surface area contributed by atoms with Crippen LogP contribution in [0.5, 0.6) is 0 Å². The molecule has 0 heterocycles. The molecule has 0 aliphatic rings. The Kier molecular flexibility index (Phi) is 17.3. The van der Waals surface area contributed by atoms with Crippen LogP contribution in [0.4, 0.5) is 4.79 Å². The van der Waals surface area contributed by atoms with Crippen molar-refractivity contribution in [2.24, 2.45) is 23.5 Å². The van der Waals surface area contributed by atoms with E-state index in [2.05, 4.69) is 5.32 Å². The number of primary amides is 1. The largest absolute Gasteiger partial charge is 0.444 e. The molecule has 11 heteroatoms. The third-order valence-corrected chi connectivity index (χ3v) is 7.67. The number of hydrogen-bond donors (Lipinski definition) is 2. The zero-order chi connectivity index (χ0) is 32.9. The predicted octanol–water partition coefficient (Wildman–Crippen LogP) is 3.49. The van der Waals surface area contributed by atoms with E-state index in [1.807, 2.05) is 74.3 Å². The molecule has 0 rings (SSSR count). The summed E-state index contributed by atoms with van der Waals surface area (Å²) in [4.78, 5) is 56.6. The summed E-state index contributed by atoms with van der Waals surface area (Å²) in [5, 5.41) is 3.04. The number of carbonyl (C=O) groups is 4. The van der Waals surface area contributed by atoms with E-state index in [-0.39, 0.29) is 48.1 Å². The van der Waals surface area contributed by atoms with Crippen LogP contribution < -0.4 is 11.1 Å². The normalized spacial score (nSPS) is 15.6. The Balaban J connectivity index is 5.55. The van der Waals surface area contributed by atoms with Crippen molar-refractivity contribution in [3.8, 4) is 0 Å². The van der Waals surface area contributed by atoms with Crippen LogP contribution in [-0.2, 0) is 23.9 Å². The van der Waals surface area contributed by atoms with Gasteiger partial charge in [0.2, 0.25) is 17.7 Å². The molecule has 0 aliphatic heterocycles. The third kappa shape index (κ3) is 13.3. The Bertz CT molecular complexity index is 859. The van der Waals surface area contributed by atoms with E-state index in [1.165, 1.54) is 7.11 Å². The second kappa shape index (κ2) is 18.3. The Morgan fingerprint density at radius 2 is 1.45 bits per heavy atom. The maximum Gasteiger partial charge on any atom is 0.410 e. The molecule has 4 amide bonds. The number of nitrogens with two attached hydrogens (primary N) is 1.